The number of anilines is 3. The molecule has 0 radical (unpaired) electrons. The summed E-state index contributed by atoms with van der Waals surface area (Å²) in [6.07, 6.45) is 0. The summed E-state index contributed by atoms with van der Waals surface area (Å²) in [6.45, 7) is 4.11. The Morgan fingerprint density at radius 2 is 1.71 bits per heavy atom. The predicted octanol–water partition coefficient (Wildman–Crippen LogP) is 3.68. The second kappa shape index (κ2) is 4.63. The molecule has 2 aromatic rings. The van der Waals surface area contributed by atoms with Crippen molar-refractivity contribution in [2.75, 3.05) is 11.1 Å². The van der Waals surface area contributed by atoms with Gasteiger partial charge in [-0.1, -0.05) is 17.7 Å². The Balaban J connectivity index is 2.31. The Labute approximate surface area is 106 Å². The molecule has 0 saturated heterocycles. The van der Waals surface area contributed by atoms with E-state index in [1.54, 1.807) is 12.1 Å². The van der Waals surface area contributed by atoms with Crippen LogP contribution in [0.4, 0.5) is 17.2 Å². The zero-order valence-corrected chi connectivity index (χ0v) is 10.5. The van der Waals surface area contributed by atoms with Crippen molar-refractivity contribution >= 4 is 28.8 Å². The number of nitrogen functional groups attached to an aromatic ring is 1. The van der Waals surface area contributed by atoms with Crippen molar-refractivity contribution in [3.05, 3.63) is 46.6 Å². The molecule has 0 spiro atoms. The quantitative estimate of drug-likeness (QED) is 0.796. The molecule has 0 fully saturated rings. The van der Waals surface area contributed by atoms with E-state index in [0.29, 0.717) is 16.7 Å². The molecule has 0 amide bonds. The average molecular weight is 248 g/mol. The highest BCUT2D eigenvalue weighted by Gasteiger charge is 2.01. The molecular weight excluding hydrogens is 234 g/mol. The second-order valence-electron chi connectivity index (χ2n) is 4.11. The molecule has 0 saturated carbocycles. The fraction of sp³-hybridized carbons (Fsp3) is 0.154. The van der Waals surface area contributed by atoms with Gasteiger partial charge in [-0.2, -0.15) is 0 Å². The van der Waals surface area contributed by atoms with Crippen LogP contribution in [0.25, 0.3) is 0 Å². The van der Waals surface area contributed by atoms with E-state index in [1.165, 1.54) is 11.1 Å². The SMILES string of the molecule is Cc1cc(C)cc(Nc2cc(N)cc(Cl)n2)c1. The Kier molecular flexibility index (Phi) is 3.20. The standard InChI is InChI=1S/C13H14ClN3/c1-8-3-9(2)5-11(4-8)16-13-7-10(15)6-12(14)17-13/h3-7H,1-2H3,(H3,15,16,17). The molecule has 17 heavy (non-hydrogen) atoms. The molecule has 4 heteroatoms. The molecule has 2 rings (SSSR count). The van der Waals surface area contributed by atoms with Crippen molar-refractivity contribution in [1.29, 1.82) is 0 Å². The Morgan fingerprint density at radius 3 is 2.29 bits per heavy atom. The van der Waals surface area contributed by atoms with Crippen molar-refractivity contribution in [3.63, 3.8) is 0 Å². The Hall–Kier alpha value is -1.74. The minimum atomic E-state index is 0.386. The van der Waals surface area contributed by atoms with E-state index in [-0.39, 0.29) is 0 Å². The number of hydrogen-bond acceptors (Lipinski definition) is 3. The van der Waals surface area contributed by atoms with E-state index in [2.05, 4.69) is 30.2 Å². The predicted molar refractivity (Wildman–Crippen MR) is 72.9 cm³/mol. The third-order valence-corrected chi connectivity index (χ3v) is 2.50. The molecule has 3 nitrogen and oxygen atoms in total. The molecule has 1 aromatic heterocycles. The fourth-order valence-corrected chi connectivity index (χ4v) is 1.99. The number of benzene rings is 1. The van der Waals surface area contributed by atoms with Crippen molar-refractivity contribution in [2.24, 2.45) is 0 Å². The smallest absolute Gasteiger partial charge is 0.134 e. The zero-order chi connectivity index (χ0) is 12.4. The maximum absolute atomic E-state index is 5.85. The van der Waals surface area contributed by atoms with Gasteiger partial charge >= 0.3 is 0 Å². The summed E-state index contributed by atoms with van der Waals surface area (Å²) in [5.41, 5.74) is 9.68. The number of aryl methyl sites for hydroxylation is 2. The Bertz CT molecular complexity index is 462. The second-order valence-corrected chi connectivity index (χ2v) is 4.50. The maximum Gasteiger partial charge on any atom is 0.134 e. The molecule has 0 aliphatic heterocycles. The van der Waals surface area contributed by atoms with Gasteiger partial charge in [-0.05, 0) is 43.2 Å². The molecule has 0 aliphatic rings. The highest BCUT2D eigenvalue weighted by molar-refractivity contribution is 6.29. The van der Waals surface area contributed by atoms with Crippen LogP contribution in [0, 0.1) is 13.8 Å². The van der Waals surface area contributed by atoms with Crippen molar-refractivity contribution in [1.82, 2.24) is 4.98 Å². The van der Waals surface area contributed by atoms with Crippen LogP contribution in [0.1, 0.15) is 11.1 Å². The van der Waals surface area contributed by atoms with Gasteiger partial charge in [0, 0.05) is 17.4 Å². The summed E-state index contributed by atoms with van der Waals surface area (Å²) in [5, 5.41) is 3.58. The lowest BCUT2D eigenvalue weighted by molar-refractivity contribution is 1.30. The van der Waals surface area contributed by atoms with Crippen molar-refractivity contribution in [3.8, 4) is 0 Å². The molecule has 1 heterocycles. The lowest BCUT2D eigenvalue weighted by Gasteiger charge is -2.08. The summed E-state index contributed by atoms with van der Waals surface area (Å²) >= 11 is 5.85. The lowest BCUT2D eigenvalue weighted by Crippen LogP contribution is -1.96. The van der Waals surface area contributed by atoms with Crippen LogP contribution >= 0.6 is 11.6 Å². The Morgan fingerprint density at radius 1 is 1.06 bits per heavy atom. The first kappa shape index (κ1) is 11.7. The average Bonchev–Trinajstić information content (AvgIpc) is 2.13. The minimum Gasteiger partial charge on any atom is -0.399 e. The number of aromatic nitrogens is 1. The molecule has 0 atom stereocenters. The topological polar surface area (TPSA) is 50.9 Å². The van der Waals surface area contributed by atoms with E-state index in [1.807, 2.05) is 12.1 Å². The van der Waals surface area contributed by atoms with Gasteiger partial charge in [0.15, 0.2) is 0 Å². The van der Waals surface area contributed by atoms with Crippen molar-refractivity contribution < 1.29 is 0 Å². The summed E-state index contributed by atoms with van der Waals surface area (Å²) in [5.74, 6) is 0.653. The van der Waals surface area contributed by atoms with Crippen LogP contribution in [-0.4, -0.2) is 4.98 Å². The van der Waals surface area contributed by atoms with Crippen LogP contribution in [0.15, 0.2) is 30.3 Å². The van der Waals surface area contributed by atoms with E-state index in [0.717, 1.165) is 5.69 Å². The number of nitrogens with zero attached hydrogens (tertiary/aromatic N) is 1. The van der Waals surface area contributed by atoms with Gasteiger partial charge in [0.1, 0.15) is 11.0 Å². The highest BCUT2D eigenvalue weighted by Crippen LogP contribution is 2.21. The van der Waals surface area contributed by atoms with Crippen LogP contribution in [0.5, 0.6) is 0 Å². The van der Waals surface area contributed by atoms with Gasteiger partial charge in [-0.3, -0.25) is 0 Å². The summed E-state index contributed by atoms with van der Waals surface area (Å²) in [6, 6.07) is 9.58. The molecular formula is C13H14ClN3. The molecule has 0 unspecified atom stereocenters. The highest BCUT2D eigenvalue weighted by atomic mass is 35.5. The van der Waals surface area contributed by atoms with Crippen LogP contribution in [0.3, 0.4) is 0 Å². The normalized spacial score (nSPS) is 10.3. The molecule has 3 N–H and O–H groups in total. The van der Waals surface area contributed by atoms with Gasteiger partial charge in [0.2, 0.25) is 0 Å². The summed E-state index contributed by atoms with van der Waals surface area (Å²) < 4.78 is 0. The number of nitrogens with two attached hydrogens (primary N) is 1. The number of pyridine rings is 1. The monoisotopic (exact) mass is 247 g/mol. The largest absolute Gasteiger partial charge is 0.399 e. The zero-order valence-electron chi connectivity index (χ0n) is 9.79. The van der Waals surface area contributed by atoms with Crippen molar-refractivity contribution in [2.45, 2.75) is 13.8 Å². The molecule has 0 aliphatic carbocycles. The van der Waals surface area contributed by atoms with Crippen LogP contribution < -0.4 is 11.1 Å². The first-order valence-electron chi connectivity index (χ1n) is 5.31. The minimum absolute atomic E-state index is 0.386. The molecule has 1 aromatic carbocycles. The molecule has 0 bridgehead atoms. The number of rotatable bonds is 2. The summed E-state index contributed by atoms with van der Waals surface area (Å²) in [4.78, 5) is 4.16. The third-order valence-electron chi connectivity index (χ3n) is 2.31. The maximum atomic E-state index is 5.85. The third kappa shape index (κ3) is 3.11. The first-order chi connectivity index (χ1) is 8.02. The molecule has 88 valence electrons. The van der Waals surface area contributed by atoms with E-state index >= 15 is 0 Å². The van der Waals surface area contributed by atoms with Gasteiger partial charge in [-0.25, -0.2) is 4.98 Å². The van der Waals surface area contributed by atoms with Gasteiger partial charge in [0.05, 0.1) is 0 Å². The van der Waals surface area contributed by atoms with Gasteiger partial charge < -0.3 is 11.1 Å². The first-order valence-corrected chi connectivity index (χ1v) is 5.69. The number of nitrogens with one attached hydrogen (secondary N) is 1. The number of hydrogen-bond donors (Lipinski definition) is 2. The summed E-state index contributed by atoms with van der Waals surface area (Å²) in [7, 11) is 0. The van der Waals surface area contributed by atoms with E-state index in [4.69, 9.17) is 17.3 Å². The fourth-order valence-electron chi connectivity index (χ4n) is 1.78. The van der Waals surface area contributed by atoms with Gasteiger partial charge in [0.25, 0.3) is 0 Å². The van der Waals surface area contributed by atoms with Crippen LogP contribution in [0.2, 0.25) is 5.15 Å². The lowest BCUT2D eigenvalue weighted by atomic mass is 10.1. The van der Waals surface area contributed by atoms with Crippen LogP contribution in [-0.2, 0) is 0 Å². The number of halogens is 1. The van der Waals surface area contributed by atoms with E-state index in [9.17, 15) is 0 Å². The van der Waals surface area contributed by atoms with Gasteiger partial charge in [-0.15, -0.1) is 0 Å². The van der Waals surface area contributed by atoms with E-state index < -0.39 is 0 Å².